The fourth-order valence-corrected chi connectivity index (χ4v) is 4.33. The summed E-state index contributed by atoms with van der Waals surface area (Å²) >= 11 is 0. The van der Waals surface area contributed by atoms with E-state index < -0.39 is 16.0 Å². The van der Waals surface area contributed by atoms with Crippen LogP contribution in [0.25, 0.3) is 0 Å². The summed E-state index contributed by atoms with van der Waals surface area (Å²) in [6.07, 6.45) is 0.712. The van der Waals surface area contributed by atoms with Crippen molar-refractivity contribution in [1.82, 2.24) is 9.21 Å². The number of benzene rings is 1. The molecule has 1 aliphatic rings. The number of amides is 1. The first kappa shape index (κ1) is 19.4. The van der Waals surface area contributed by atoms with Crippen molar-refractivity contribution in [3.05, 3.63) is 35.9 Å². The molecule has 0 atom stereocenters. The Hall–Kier alpha value is -1.93. The van der Waals surface area contributed by atoms with E-state index in [1.54, 1.807) is 17.0 Å². The highest BCUT2D eigenvalue weighted by molar-refractivity contribution is 7.88. The van der Waals surface area contributed by atoms with Crippen molar-refractivity contribution < 1.29 is 22.7 Å². The van der Waals surface area contributed by atoms with E-state index in [0.29, 0.717) is 26.1 Å². The van der Waals surface area contributed by atoms with Crippen LogP contribution in [0.3, 0.4) is 0 Å². The van der Waals surface area contributed by atoms with E-state index in [2.05, 4.69) is 4.74 Å². The molecular weight excluding hydrogens is 344 g/mol. The van der Waals surface area contributed by atoms with Crippen LogP contribution in [0.4, 0.5) is 0 Å². The third kappa shape index (κ3) is 5.82. The highest BCUT2D eigenvalue weighted by atomic mass is 32.2. The first-order valence-electron chi connectivity index (χ1n) is 8.29. The second-order valence-corrected chi connectivity index (χ2v) is 7.92. The van der Waals surface area contributed by atoms with Gasteiger partial charge < -0.3 is 9.64 Å². The molecule has 1 saturated heterocycles. The smallest absolute Gasteiger partial charge is 0.306 e. The predicted octanol–water partition coefficient (Wildman–Crippen LogP) is 1.00. The second kappa shape index (κ2) is 8.96. The summed E-state index contributed by atoms with van der Waals surface area (Å²) in [4.78, 5) is 24.9. The van der Waals surface area contributed by atoms with Gasteiger partial charge in [0.1, 0.15) is 0 Å². The number of carbonyl (C=O) groups excluding carboxylic acids is 2. The third-order valence-corrected chi connectivity index (χ3v) is 6.01. The van der Waals surface area contributed by atoms with Gasteiger partial charge in [0.25, 0.3) is 0 Å². The molecule has 8 heteroatoms. The average molecular weight is 368 g/mol. The molecule has 7 nitrogen and oxygen atoms in total. The molecule has 25 heavy (non-hydrogen) atoms. The molecule has 0 spiro atoms. The molecule has 0 unspecified atom stereocenters. The van der Waals surface area contributed by atoms with Crippen LogP contribution in [0.1, 0.15) is 24.8 Å². The lowest BCUT2D eigenvalue weighted by Crippen LogP contribution is -2.37. The maximum absolute atomic E-state index is 12.6. The number of hydrogen-bond acceptors (Lipinski definition) is 5. The highest BCUT2D eigenvalue weighted by Gasteiger charge is 2.27. The minimum Gasteiger partial charge on any atom is -0.469 e. The van der Waals surface area contributed by atoms with Crippen LogP contribution >= 0.6 is 0 Å². The van der Waals surface area contributed by atoms with Crippen molar-refractivity contribution in [1.29, 1.82) is 0 Å². The van der Waals surface area contributed by atoms with E-state index in [0.717, 1.165) is 5.56 Å². The lowest BCUT2D eigenvalue weighted by Gasteiger charge is -2.22. The van der Waals surface area contributed by atoms with Gasteiger partial charge in [-0.1, -0.05) is 30.3 Å². The number of carbonyl (C=O) groups is 2. The highest BCUT2D eigenvalue weighted by Crippen LogP contribution is 2.14. The fourth-order valence-electron chi connectivity index (χ4n) is 2.77. The molecule has 0 saturated carbocycles. The Morgan fingerprint density at radius 1 is 1.04 bits per heavy atom. The van der Waals surface area contributed by atoms with Crippen LogP contribution in [0.15, 0.2) is 30.3 Å². The van der Waals surface area contributed by atoms with Crippen molar-refractivity contribution >= 4 is 21.9 Å². The first-order valence-corrected chi connectivity index (χ1v) is 9.89. The topological polar surface area (TPSA) is 84.0 Å². The monoisotopic (exact) mass is 368 g/mol. The zero-order valence-electron chi connectivity index (χ0n) is 14.4. The number of esters is 1. The zero-order valence-corrected chi connectivity index (χ0v) is 15.2. The molecule has 1 amide bonds. The van der Waals surface area contributed by atoms with Gasteiger partial charge in [-0.15, -0.1) is 0 Å². The third-order valence-electron chi connectivity index (χ3n) is 4.16. The molecule has 0 radical (unpaired) electrons. The van der Waals surface area contributed by atoms with Crippen molar-refractivity contribution in [2.45, 2.75) is 25.0 Å². The van der Waals surface area contributed by atoms with Crippen LogP contribution in [0, 0.1) is 0 Å². The van der Waals surface area contributed by atoms with Crippen LogP contribution in [0.5, 0.6) is 0 Å². The molecule has 1 heterocycles. The number of nitrogens with zero attached hydrogens (tertiary/aromatic N) is 2. The summed E-state index contributed by atoms with van der Waals surface area (Å²) in [5.74, 6) is -0.604. The van der Waals surface area contributed by atoms with E-state index in [-0.39, 0.29) is 31.0 Å². The Labute approximate surface area is 148 Å². The normalized spacial score (nSPS) is 16.3. The Morgan fingerprint density at radius 3 is 2.44 bits per heavy atom. The van der Waals surface area contributed by atoms with E-state index in [4.69, 9.17) is 0 Å². The average Bonchev–Trinajstić information content (AvgIpc) is 2.86. The van der Waals surface area contributed by atoms with Gasteiger partial charge in [0.05, 0.1) is 19.3 Å². The minimum absolute atomic E-state index is 0.0376. The molecular formula is C17H24N2O5S. The Balaban J connectivity index is 1.92. The van der Waals surface area contributed by atoms with Gasteiger partial charge in [0.15, 0.2) is 0 Å². The van der Waals surface area contributed by atoms with Crippen LogP contribution in [-0.4, -0.2) is 62.8 Å². The minimum atomic E-state index is -3.42. The quantitative estimate of drug-likeness (QED) is 0.700. The zero-order chi connectivity index (χ0) is 18.3. The Kier molecular flexibility index (Phi) is 6.95. The number of hydrogen-bond donors (Lipinski definition) is 0. The molecule has 0 aromatic heterocycles. The standard InChI is InChI=1S/C17H24N2O5S/c1-24-17(21)9-8-16(20)18-10-5-11-19(13-12-18)25(22,23)14-15-6-3-2-4-7-15/h2-4,6-7H,5,8-14H2,1H3. The molecule has 1 fully saturated rings. The van der Waals surface area contributed by atoms with E-state index in [1.807, 2.05) is 18.2 Å². The van der Waals surface area contributed by atoms with Gasteiger partial charge in [0, 0.05) is 32.6 Å². The van der Waals surface area contributed by atoms with Crippen LogP contribution < -0.4 is 0 Å². The molecule has 138 valence electrons. The SMILES string of the molecule is COC(=O)CCC(=O)N1CCCN(S(=O)(=O)Cc2ccccc2)CC1. The van der Waals surface area contributed by atoms with Crippen molar-refractivity contribution in [2.75, 3.05) is 33.3 Å². The van der Waals surface area contributed by atoms with Gasteiger partial charge in [0.2, 0.25) is 15.9 Å². The van der Waals surface area contributed by atoms with Gasteiger partial charge in [-0.2, -0.15) is 4.31 Å². The number of rotatable bonds is 6. The number of ether oxygens (including phenoxy) is 1. The first-order chi connectivity index (χ1) is 11.9. The summed E-state index contributed by atoms with van der Waals surface area (Å²) in [6, 6.07) is 9.06. The van der Waals surface area contributed by atoms with Crippen molar-refractivity contribution in [3.8, 4) is 0 Å². The van der Waals surface area contributed by atoms with Gasteiger partial charge in [-0.3, -0.25) is 9.59 Å². The summed E-state index contributed by atoms with van der Waals surface area (Å²) in [5.41, 5.74) is 0.748. The molecule has 0 bridgehead atoms. The maximum Gasteiger partial charge on any atom is 0.306 e. The Morgan fingerprint density at radius 2 is 1.76 bits per heavy atom. The molecule has 2 rings (SSSR count). The van der Waals surface area contributed by atoms with Crippen molar-refractivity contribution in [2.24, 2.45) is 0 Å². The van der Waals surface area contributed by atoms with E-state index in [9.17, 15) is 18.0 Å². The van der Waals surface area contributed by atoms with Gasteiger partial charge >= 0.3 is 5.97 Å². The fraction of sp³-hybridized carbons (Fsp3) is 0.529. The molecule has 1 aromatic rings. The van der Waals surface area contributed by atoms with Crippen LogP contribution in [0.2, 0.25) is 0 Å². The van der Waals surface area contributed by atoms with E-state index in [1.165, 1.54) is 11.4 Å². The summed E-state index contributed by atoms with van der Waals surface area (Å²) < 4.78 is 31.2. The lowest BCUT2D eigenvalue weighted by atomic mass is 10.2. The summed E-state index contributed by atoms with van der Waals surface area (Å²) in [6.45, 7) is 1.51. The molecule has 1 aliphatic heterocycles. The largest absolute Gasteiger partial charge is 0.469 e. The van der Waals surface area contributed by atoms with Gasteiger partial charge in [-0.05, 0) is 12.0 Å². The number of methoxy groups -OCH3 is 1. The van der Waals surface area contributed by atoms with Gasteiger partial charge in [-0.25, -0.2) is 8.42 Å². The lowest BCUT2D eigenvalue weighted by molar-refractivity contribution is -0.143. The summed E-state index contributed by atoms with van der Waals surface area (Å²) in [5, 5.41) is 0. The maximum atomic E-state index is 12.6. The second-order valence-electron chi connectivity index (χ2n) is 5.95. The molecule has 0 N–H and O–H groups in total. The Bertz CT molecular complexity index is 690. The molecule has 0 aliphatic carbocycles. The van der Waals surface area contributed by atoms with E-state index >= 15 is 0 Å². The molecule has 1 aromatic carbocycles. The number of sulfonamides is 1. The van der Waals surface area contributed by atoms with Crippen LogP contribution in [-0.2, 0) is 30.1 Å². The van der Waals surface area contributed by atoms with Crippen molar-refractivity contribution in [3.63, 3.8) is 0 Å². The predicted molar refractivity (Wildman–Crippen MR) is 93.1 cm³/mol. The summed E-state index contributed by atoms with van der Waals surface area (Å²) in [7, 11) is -2.13.